The predicted molar refractivity (Wildman–Crippen MR) is 107 cm³/mol. The van der Waals surface area contributed by atoms with Gasteiger partial charge in [-0.2, -0.15) is 0 Å². The molecule has 1 aliphatic rings. The Hall–Kier alpha value is -3.26. The van der Waals surface area contributed by atoms with E-state index >= 15 is 0 Å². The normalized spacial score (nSPS) is 15.4. The lowest BCUT2D eigenvalue weighted by Gasteiger charge is -2.21. The Kier molecular flexibility index (Phi) is 5.53. The fourth-order valence-electron chi connectivity index (χ4n) is 3.38. The monoisotopic (exact) mass is 410 g/mol. The van der Waals surface area contributed by atoms with Crippen LogP contribution in [-0.4, -0.2) is 16.1 Å². The molecule has 0 bridgehead atoms. The number of aromatic nitrogens is 1. The van der Waals surface area contributed by atoms with E-state index < -0.39 is 11.1 Å². The van der Waals surface area contributed by atoms with E-state index in [0.29, 0.717) is 5.92 Å². The maximum Gasteiger partial charge on any atom is 0.514 e. The van der Waals surface area contributed by atoms with Crippen LogP contribution in [0.4, 0.5) is 10.5 Å². The van der Waals surface area contributed by atoms with Crippen molar-refractivity contribution in [2.45, 2.75) is 31.8 Å². The van der Waals surface area contributed by atoms with E-state index in [1.807, 2.05) is 6.07 Å². The van der Waals surface area contributed by atoms with Gasteiger partial charge in [0.25, 0.3) is 5.69 Å². The number of nitro benzene ring substituents is 1. The van der Waals surface area contributed by atoms with Gasteiger partial charge in [0.05, 0.1) is 10.6 Å². The Morgan fingerprint density at radius 2 is 1.93 bits per heavy atom. The minimum Gasteiger partial charge on any atom is -0.427 e. The molecular weight excluding hydrogens is 392 g/mol. The smallest absolute Gasteiger partial charge is 0.427 e. The lowest BCUT2D eigenvalue weighted by molar-refractivity contribution is -0.384. The zero-order valence-corrected chi connectivity index (χ0v) is 16.3. The van der Waals surface area contributed by atoms with Crippen molar-refractivity contribution >= 4 is 23.2 Å². The Labute approximate surface area is 171 Å². The highest BCUT2D eigenvalue weighted by Crippen LogP contribution is 2.35. The molecule has 1 unspecified atom stereocenters. The number of thiazole rings is 1. The zero-order chi connectivity index (χ0) is 20.2. The van der Waals surface area contributed by atoms with Crippen LogP contribution < -0.4 is 4.74 Å². The van der Waals surface area contributed by atoms with Crippen LogP contribution in [0, 0.1) is 10.1 Å². The van der Waals surface area contributed by atoms with Crippen molar-refractivity contribution in [3.63, 3.8) is 0 Å². The number of hydrogen-bond donors (Lipinski definition) is 0. The Morgan fingerprint density at radius 3 is 2.66 bits per heavy atom. The van der Waals surface area contributed by atoms with E-state index in [2.05, 4.69) is 29.2 Å². The molecule has 0 saturated carbocycles. The fourth-order valence-corrected chi connectivity index (χ4v) is 4.49. The second kappa shape index (κ2) is 8.40. The molecule has 0 fully saturated rings. The Morgan fingerprint density at radius 1 is 1.17 bits per heavy atom. The van der Waals surface area contributed by atoms with Crippen molar-refractivity contribution in [1.29, 1.82) is 0 Å². The minimum absolute atomic E-state index is 0.0412. The Balaban J connectivity index is 1.32. The molecule has 0 radical (unpaired) electrons. The van der Waals surface area contributed by atoms with Crippen molar-refractivity contribution in [2.75, 3.05) is 0 Å². The number of fused-ring (bicyclic) bond motifs is 1. The summed E-state index contributed by atoms with van der Waals surface area (Å²) >= 11 is 1.57. The molecule has 1 aromatic heterocycles. The average molecular weight is 410 g/mol. The van der Waals surface area contributed by atoms with Crippen molar-refractivity contribution in [2.24, 2.45) is 0 Å². The highest BCUT2D eigenvalue weighted by Gasteiger charge is 2.24. The molecule has 29 heavy (non-hydrogen) atoms. The third-order valence-electron chi connectivity index (χ3n) is 4.82. The number of benzene rings is 2. The van der Waals surface area contributed by atoms with E-state index in [-0.39, 0.29) is 18.0 Å². The summed E-state index contributed by atoms with van der Waals surface area (Å²) in [4.78, 5) is 27.9. The van der Waals surface area contributed by atoms with Gasteiger partial charge in [-0.05, 0) is 42.9 Å². The van der Waals surface area contributed by atoms with Crippen LogP contribution in [0.25, 0.3) is 0 Å². The largest absolute Gasteiger partial charge is 0.514 e. The maximum absolute atomic E-state index is 11.9. The van der Waals surface area contributed by atoms with Gasteiger partial charge in [0.2, 0.25) is 0 Å². The number of non-ortho nitro benzene ring substituents is 1. The van der Waals surface area contributed by atoms with Crippen LogP contribution in [-0.2, 0) is 24.2 Å². The van der Waals surface area contributed by atoms with E-state index in [4.69, 9.17) is 9.47 Å². The highest BCUT2D eigenvalue weighted by molar-refractivity contribution is 7.11. The minimum atomic E-state index is -0.866. The number of aryl methyl sites for hydroxylation is 1. The van der Waals surface area contributed by atoms with Crippen LogP contribution in [0.5, 0.6) is 5.75 Å². The standard InChI is InChI=1S/C21H18N2O5S/c24-21(28-17-9-7-16(8-10-17)23(25)26)27-13-20-22-18-11-6-15(12-19(18)29-20)14-4-2-1-3-5-14/h1-5,7-10,15H,6,11-13H2. The summed E-state index contributed by atoms with van der Waals surface area (Å²) in [6, 6.07) is 15.7. The molecule has 7 nitrogen and oxygen atoms in total. The molecular formula is C21H18N2O5S. The molecule has 0 saturated heterocycles. The maximum atomic E-state index is 11.9. The van der Waals surface area contributed by atoms with E-state index in [9.17, 15) is 14.9 Å². The summed E-state index contributed by atoms with van der Waals surface area (Å²) in [5, 5.41) is 11.4. The van der Waals surface area contributed by atoms with Crippen LogP contribution in [0.1, 0.15) is 33.5 Å². The number of hydrogen-bond acceptors (Lipinski definition) is 7. The first-order valence-electron chi connectivity index (χ1n) is 9.20. The lowest BCUT2D eigenvalue weighted by Crippen LogP contribution is -2.11. The first kappa shape index (κ1) is 19.1. The molecule has 1 aliphatic carbocycles. The molecule has 1 heterocycles. The van der Waals surface area contributed by atoms with E-state index in [0.717, 1.165) is 30.0 Å². The number of rotatable bonds is 5. The van der Waals surface area contributed by atoms with Gasteiger partial charge in [0, 0.05) is 17.0 Å². The van der Waals surface area contributed by atoms with Crippen molar-refractivity contribution in [3.8, 4) is 5.75 Å². The summed E-state index contributed by atoms with van der Waals surface area (Å²) < 4.78 is 10.2. The second-order valence-electron chi connectivity index (χ2n) is 6.72. The number of nitro groups is 1. The number of carbonyl (C=O) groups excluding carboxylic acids is 1. The van der Waals surface area contributed by atoms with Gasteiger partial charge in [-0.3, -0.25) is 10.1 Å². The summed E-state index contributed by atoms with van der Waals surface area (Å²) in [7, 11) is 0. The summed E-state index contributed by atoms with van der Waals surface area (Å²) in [5.41, 5.74) is 2.36. The predicted octanol–water partition coefficient (Wildman–Crippen LogP) is 5.04. The molecule has 148 valence electrons. The number of ether oxygens (including phenoxy) is 2. The molecule has 3 aromatic rings. The zero-order valence-electron chi connectivity index (χ0n) is 15.4. The number of nitrogens with zero attached hydrogens (tertiary/aromatic N) is 2. The van der Waals surface area contributed by atoms with Gasteiger partial charge >= 0.3 is 6.16 Å². The van der Waals surface area contributed by atoms with Gasteiger partial charge in [-0.15, -0.1) is 11.3 Å². The summed E-state index contributed by atoms with van der Waals surface area (Å²) in [6.07, 6.45) is 2.06. The quantitative estimate of drug-likeness (QED) is 0.253. The number of carbonyl (C=O) groups is 1. The SMILES string of the molecule is O=C(OCc1nc2c(s1)CC(c1ccccc1)CC2)Oc1ccc([N+](=O)[O-])cc1. The first-order chi connectivity index (χ1) is 14.1. The molecule has 1 atom stereocenters. The molecule has 0 amide bonds. The lowest BCUT2D eigenvalue weighted by atomic mass is 9.85. The van der Waals surface area contributed by atoms with Gasteiger partial charge in [-0.25, -0.2) is 9.78 Å². The molecule has 8 heteroatoms. The van der Waals surface area contributed by atoms with Gasteiger partial charge in [0.15, 0.2) is 0 Å². The van der Waals surface area contributed by atoms with E-state index in [1.54, 1.807) is 11.3 Å². The summed E-state index contributed by atoms with van der Waals surface area (Å²) in [5.74, 6) is 0.676. The first-order valence-corrected chi connectivity index (χ1v) is 10.0. The molecule has 0 N–H and O–H groups in total. The van der Waals surface area contributed by atoms with Crippen molar-refractivity contribution < 1.29 is 19.2 Å². The average Bonchev–Trinajstić information content (AvgIpc) is 3.15. The second-order valence-corrected chi connectivity index (χ2v) is 7.89. The van der Waals surface area contributed by atoms with Gasteiger partial charge in [-0.1, -0.05) is 30.3 Å². The van der Waals surface area contributed by atoms with Crippen LogP contribution in [0.2, 0.25) is 0 Å². The summed E-state index contributed by atoms with van der Waals surface area (Å²) in [6.45, 7) is 0.0412. The molecule has 0 aliphatic heterocycles. The van der Waals surface area contributed by atoms with Crippen molar-refractivity contribution in [1.82, 2.24) is 4.98 Å². The molecule has 4 rings (SSSR count). The molecule has 0 spiro atoms. The van der Waals surface area contributed by atoms with E-state index in [1.165, 1.54) is 34.7 Å². The topological polar surface area (TPSA) is 91.6 Å². The fraction of sp³-hybridized carbons (Fsp3) is 0.238. The van der Waals surface area contributed by atoms with Crippen LogP contribution in [0.3, 0.4) is 0 Å². The Bertz CT molecular complexity index is 1020. The van der Waals surface area contributed by atoms with Crippen molar-refractivity contribution in [3.05, 3.63) is 85.9 Å². The van der Waals surface area contributed by atoms with Crippen LogP contribution in [0.15, 0.2) is 54.6 Å². The molecule has 2 aromatic carbocycles. The third-order valence-corrected chi connectivity index (χ3v) is 5.91. The van der Waals surface area contributed by atoms with Gasteiger partial charge < -0.3 is 9.47 Å². The van der Waals surface area contributed by atoms with Gasteiger partial charge in [0.1, 0.15) is 17.4 Å². The highest BCUT2D eigenvalue weighted by atomic mass is 32.1. The van der Waals surface area contributed by atoms with Crippen LogP contribution >= 0.6 is 11.3 Å². The third kappa shape index (κ3) is 4.60.